The molecule has 178 valence electrons. The quantitative estimate of drug-likeness (QED) is 0.572. The average Bonchev–Trinajstić information content (AvgIpc) is 2.76. The van der Waals surface area contributed by atoms with Gasteiger partial charge in [-0.05, 0) is 30.2 Å². The molecule has 0 radical (unpaired) electrons. The number of pyridine rings is 1. The third-order valence-corrected chi connectivity index (χ3v) is 6.17. The molecular weight excluding hydrogens is 453 g/mol. The van der Waals surface area contributed by atoms with Crippen molar-refractivity contribution in [1.82, 2.24) is 24.5 Å². The Balaban J connectivity index is 1.45. The van der Waals surface area contributed by atoms with Gasteiger partial charge in [-0.15, -0.1) is 5.10 Å². The van der Waals surface area contributed by atoms with E-state index in [2.05, 4.69) is 15.1 Å². The summed E-state index contributed by atoms with van der Waals surface area (Å²) in [6, 6.07) is 3.90. The summed E-state index contributed by atoms with van der Waals surface area (Å²) in [4.78, 5) is 37.1. The fourth-order valence-corrected chi connectivity index (χ4v) is 4.22. The van der Waals surface area contributed by atoms with Gasteiger partial charge in [-0.1, -0.05) is 0 Å². The van der Waals surface area contributed by atoms with Crippen LogP contribution in [0.5, 0.6) is 0 Å². The molecule has 0 bridgehead atoms. The third kappa shape index (κ3) is 3.87. The molecule has 1 amide bonds. The molecule has 5 heterocycles. The molecule has 1 saturated heterocycles. The highest BCUT2D eigenvalue weighted by Gasteiger charge is 2.34. The number of hydrogen-bond acceptors (Lipinski definition) is 7. The summed E-state index contributed by atoms with van der Waals surface area (Å²) < 4.78 is 45.6. The van der Waals surface area contributed by atoms with E-state index >= 15 is 0 Å². The summed E-state index contributed by atoms with van der Waals surface area (Å²) in [5.74, 6) is 0.111. The molecule has 0 spiro atoms. The third-order valence-electron chi connectivity index (χ3n) is 6.17. The highest BCUT2D eigenvalue weighted by Crippen LogP contribution is 2.32. The summed E-state index contributed by atoms with van der Waals surface area (Å²) in [5.41, 5.74) is 0.711. The van der Waals surface area contributed by atoms with Gasteiger partial charge in [0.1, 0.15) is 5.69 Å². The van der Waals surface area contributed by atoms with Crippen LogP contribution in [-0.2, 0) is 23.9 Å². The molecule has 3 aromatic heterocycles. The van der Waals surface area contributed by atoms with Crippen LogP contribution in [0.2, 0.25) is 0 Å². The van der Waals surface area contributed by atoms with Gasteiger partial charge in [-0.2, -0.15) is 17.7 Å². The first-order valence-corrected chi connectivity index (χ1v) is 10.7. The van der Waals surface area contributed by atoms with E-state index < -0.39 is 17.3 Å². The van der Waals surface area contributed by atoms with Crippen molar-refractivity contribution in [2.45, 2.75) is 32.2 Å². The van der Waals surface area contributed by atoms with Crippen LogP contribution in [0.4, 0.5) is 19.0 Å². The normalized spacial score (nSPS) is 16.5. The van der Waals surface area contributed by atoms with Gasteiger partial charge in [0.05, 0.1) is 11.7 Å². The van der Waals surface area contributed by atoms with Crippen LogP contribution in [0.3, 0.4) is 0 Å². The first kappa shape index (κ1) is 22.3. The molecule has 0 N–H and O–H groups in total. The Hall–Kier alpha value is -3.54. The smallest absolute Gasteiger partial charge is 0.378 e. The first-order chi connectivity index (χ1) is 16.1. The Morgan fingerprint density at radius 1 is 1.21 bits per heavy atom. The number of aryl methyl sites for hydroxylation is 1. The maximum atomic E-state index is 13.1. The lowest BCUT2D eigenvalue weighted by atomic mass is 10.0. The lowest BCUT2D eigenvalue weighted by molar-refractivity contribution is -0.137. The monoisotopic (exact) mass is 474 g/mol. The number of anilines is 1. The van der Waals surface area contributed by atoms with Crippen molar-refractivity contribution < 1.29 is 22.7 Å². The molecule has 5 rings (SSSR count). The number of amides is 1. The van der Waals surface area contributed by atoms with Crippen molar-refractivity contribution in [3.8, 4) is 0 Å². The van der Waals surface area contributed by atoms with Crippen LogP contribution < -0.4 is 10.5 Å². The number of hydrogen-bond donors (Lipinski definition) is 0. The van der Waals surface area contributed by atoms with E-state index in [0.29, 0.717) is 48.7 Å². The van der Waals surface area contributed by atoms with Gasteiger partial charge in [0.2, 0.25) is 0 Å². The Morgan fingerprint density at radius 2 is 1.97 bits per heavy atom. The van der Waals surface area contributed by atoms with Crippen LogP contribution >= 0.6 is 0 Å². The van der Waals surface area contributed by atoms with Gasteiger partial charge in [0.15, 0.2) is 11.5 Å². The molecule has 0 aromatic carbocycles. The zero-order valence-electron chi connectivity index (χ0n) is 18.5. The maximum absolute atomic E-state index is 13.1. The highest BCUT2D eigenvalue weighted by molar-refractivity contribution is 5.93. The van der Waals surface area contributed by atoms with Crippen molar-refractivity contribution in [3.63, 3.8) is 0 Å². The van der Waals surface area contributed by atoms with Crippen LogP contribution in [0.25, 0.3) is 5.65 Å². The molecular formula is C22H21F3N6O3. The van der Waals surface area contributed by atoms with Crippen LogP contribution in [0.15, 0.2) is 29.2 Å². The minimum Gasteiger partial charge on any atom is -0.378 e. The second kappa shape index (κ2) is 8.05. The van der Waals surface area contributed by atoms with Gasteiger partial charge >= 0.3 is 6.18 Å². The number of nitrogens with zero attached hydrogens (tertiary/aromatic N) is 6. The number of carbonyl (C=O) groups is 1. The number of fused-ring (bicyclic) bond motifs is 2. The van der Waals surface area contributed by atoms with Gasteiger partial charge in [-0.3, -0.25) is 14.6 Å². The molecule has 2 aliphatic heterocycles. The SMILES string of the molecule is COC1CN(C(=O)c2cc(=O)n3nc(N4CCc5ncc(C(F)(F)F)cc5C4)c(C)cc3n2)C1. The molecule has 2 aliphatic rings. The lowest BCUT2D eigenvalue weighted by Crippen LogP contribution is -2.54. The fraction of sp³-hybridized carbons (Fsp3) is 0.409. The molecule has 1 fully saturated rings. The standard InChI is InChI=1S/C22H21F3N6O3/c1-12-5-18-27-17(21(33)30-10-15(11-30)34-2)7-19(32)31(18)28-20(12)29-4-3-16-13(9-29)6-14(8-26-16)22(23,24)25/h5-8,15H,3-4,9-11H2,1-2H3. The Kier molecular flexibility index (Phi) is 5.27. The fourth-order valence-electron chi connectivity index (χ4n) is 4.22. The Morgan fingerprint density at radius 3 is 2.68 bits per heavy atom. The van der Waals surface area contributed by atoms with Crippen molar-refractivity contribution in [2.75, 3.05) is 31.6 Å². The predicted molar refractivity (Wildman–Crippen MR) is 115 cm³/mol. The largest absolute Gasteiger partial charge is 0.417 e. The van der Waals surface area contributed by atoms with Gasteiger partial charge in [0, 0.05) is 57.7 Å². The number of likely N-dealkylation sites (tertiary alicyclic amines) is 1. The van der Waals surface area contributed by atoms with E-state index in [0.717, 1.165) is 22.8 Å². The molecule has 3 aromatic rings. The molecule has 0 aliphatic carbocycles. The Labute approximate surface area is 191 Å². The summed E-state index contributed by atoms with van der Waals surface area (Å²) in [6.07, 6.45) is -3.19. The number of methoxy groups -OCH3 is 1. The van der Waals surface area contributed by atoms with E-state index in [1.807, 2.05) is 4.90 Å². The van der Waals surface area contributed by atoms with Crippen molar-refractivity contribution in [2.24, 2.45) is 0 Å². The predicted octanol–water partition coefficient (Wildman–Crippen LogP) is 1.85. The topological polar surface area (TPSA) is 92.9 Å². The zero-order valence-corrected chi connectivity index (χ0v) is 18.5. The van der Waals surface area contributed by atoms with Crippen molar-refractivity contribution in [3.05, 3.63) is 62.8 Å². The number of ether oxygens (including phenoxy) is 1. The second-order valence-electron chi connectivity index (χ2n) is 8.47. The minimum atomic E-state index is -4.48. The first-order valence-electron chi connectivity index (χ1n) is 10.7. The minimum absolute atomic E-state index is 0.0194. The number of carbonyl (C=O) groups excluding carboxylic acids is 1. The number of halogens is 3. The lowest BCUT2D eigenvalue weighted by Gasteiger charge is -2.37. The van der Waals surface area contributed by atoms with E-state index in [-0.39, 0.29) is 29.9 Å². The summed E-state index contributed by atoms with van der Waals surface area (Å²) in [6.45, 7) is 3.32. The molecule has 9 nitrogen and oxygen atoms in total. The van der Waals surface area contributed by atoms with Gasteiger partial charge < -0.3 is 14.5 Å². The van der Waals surface area contributed by atoms with Gasteiger partial charge in [0.25, 0.3) is 11.5 Å². The van der Waals surface area contributed by atoms with E-state index in [4.69, 9.17) is 4.74 Å². The van der Waals surface area contributed by atoms with E-state index in [1.54, 1.807) is 25.0 Å². The molecule has 0 atom stereocenters. The van der Waals surface area contributed by atoms with Crippen LogP contribution in [0.1, 0.15) is 32.9 Å². The molecule has 34 heavy (non-hydrogen) atoms. The second-order valence-corrected chi connectivity index (χ2v) is 8.47. The summed E-state index contributed by atoms with van der Waals surface area (Å²) in [5, 5.41) is 4.43. The molecule has 0 saturated carbocycles. The van der Waals surface area contributed by atoms with E-state index in [1.165, 1.54) is 0 Å². The van der Waals surface area contributed by atoms with Crippen LogP contribution in [-0.4, -0.2) is 63.2 Å². The van der Waals surface area contributed by atoms with Crippen molar-refractivity contribution in [1.29, 1.82) is 0 Å². The zero-order chi connectivity index (χ0) is 24.2. The summed E-state index contributed by atoms with van der Waals surface area (Å²) in [7, 11) is 1.58. The Bertz CT molecular complexity index is 1350. The number of aromatic nitrogens is 4. The van der Waals surface area contributed by atoms with Crippen molar-refractivity contribution >= 4 is 17.4 Å². The summed E-state index contributed by atoms with van der Waals surface area (Å²) >= 11 is 0. The van der Waals surface area contributed by atoms with Crippen LogP contribution in [0, 0.1) is 6.92 Å². The average molecular weight is 474 g/mol. The highest BCUT2D eigenvalue weighted by atomic mass is 19.4. The molecule has 12 heteroatoms. The van der Waals surface area contributed by atoms with Gasteiger partial charge in [-0.25, -0.2) is 4.98 Å². The van der Waals surface area contributed by atoms with E-state index in [9.17, 15) is 22.8 Å². The molecule has 0 unspecified atom stereocenters. The maximum Gasteiger partial charge on any atom is 0.417 e. The number of rotatable bonds is 3. The number of alkyl halides is 3.